The first-order valence-corrected chi connectivity index (χ1v) is 23.2. The Hall–Kier alpha value is -8.44. The van der Waals surface area contributed by atoms with Crippen LogP contribution in [0, 0.1) is 0 Å². The van der Waals surface area contributed by atoms with Crippen molar-refractivity contribution in [3.8, 4) is 22.3 Å². The van der Waals surface area contributed by atoms with E-state index in [4.69, 9.17) is 4.42 Å². The van der Waals surface area contributed by atoms with Gasteiger partial charge in [-0.05, 0) is 123 Å². The van der Waals surface area contributed by atoms with E-state index in [1.807, 2.05) is 11.3 Å². The summed E-state index contributed by atoms with van der Waals surface area (Å²) in [6, 6.07) is 87.5. The highest BCUT2D eigenvalue weighted by atomic mass is 32.1. The third kappa shape index (κ3) is 6.34. The van der Waals surface area contributed by atoms with Crippen LogP contribution in [0.1, 0.15) is 0 Å². The molecule has 0 saturated heterocycles. The zero-order chi connectivity index (χ0) is 43.6. The van der Waals surface area contributed by atoms with Crippen LogP contribution in [-0.2, 0) is 0 Å². The van der Waals surface area contributed by atoms with Crippen molar-refractivity contribution in [1.29, 1.82) is 0 Å². The average Bonchev–Trinajstić information content (AvgIpc) is 3.97. The van der Waals surface area contributed by atoms with E-state index in [1.165, 1.54) is 52.8 Å². The Morgan fingerprint density at radius 1 is 0.288 bits per heavy atom. The number of fused-ring (bicyclic) bond motifs is 11. The maximum Gasteiger partial charge on any atom is 0.137 e. The molecule has 2 heterocycles. The molecule has 0 bridgehead atoms. The highest BCUT2D eigenvalue weighted by molar-refractivity contribution is 7.27. The van der Waals surface area contributed by atoms with E-state index in [0.717, 1.165) is 67.2 Å². The van der Waals surface area contributed by atoms with E-state index in [-0.39, 0.29) is 0 Å². The second-order valence-electron chi connectivity index (χ2n) is 16.9. The number of benzene rings is 11. The fourth-order valence-electron chi connectivity index (χ4n) is 10.0. The van der Waals surface area contributed by atoms with Crippen molar-refractivity contribution in [2.75, 3.05) is 9.80 Å². The normalized spacial score (nSPS) is 11.6. The van der Waals surface area contributed by atoms with Crippen molar-refractivity contribution >= 4 is 109 Å². The maximum atomic E-state index is 6.76. The second-order valence-corrected chi connectivity index (χ2v) is 17.9. The molecule has 0 saturated carbocycles. The minimum absolute atomic E-state index is 0.842. The van der Waals surface area contributed by atoms with Gasteiger partial charge < -0.3 is 14.2 Å². The first-order chi connectivity index (χ1) is 32.7. The standard InChI is InChI=1S/C62H40N2OS/c1-5-18-41(19-6-1)42-32-34-53-54-35-33-47(40-58(54)65-57(53)38-42)64(46-24-11-4-12-25-46)49-37-43(36-48(39-49)63(44-20-7-2-8-21-44)45-22-9-3-10-23-45)50-30-17-31-59-60(50)61-55-28-15-13-26-51(55)52-27-14-16-29-56(52)62(61)66-59/h1-40H. The Morgan fingerprint density at radius 2 is 0.803 bits per heavy atom. The molecule has 4 heteroatoms. The summed E-state index contributed by atoms with van der Waals surface area (Å²) in [4.78, 5) is 4.75. The fraction of sp³-hybridized carbons (Fsp3) is 0. The smallest absolute Gasteiger partial charge is 0.137 e. The molecule has 0 atom stereocenters. The van der Waals surface area contributed by atoms with Gasteiger partial charge in [-0.15, -0.1) is 11.3 Å². The predicted octanol–water partition coefficient (Wildman–Crippen LogP) is 18.5. The SMILES string of the molecule is c1ccc(-c2ccc3c(c2)oc2cc(N(c4ccccc4)c4cc(-c5cccc6sc7c8ccccc8c8ccccc8c7c56)cc(N(c5ccccc5)c5ccccc5)c4)ccc23)cc1. The number of hydrogen-bond donors (Lipinski definition) is 0. The first-order valence-electron chi connectivity index (χ1n) is 22.4. The summed E-state index contributed by atoms with van der Waals surface area (Å²) in [5, 5.41) is 9.90. The van der Waals surface area contributed by atoms with Crippen LogP contribution >= 0.6 is 11.3 Å². The second kappa shape index (κ2) is 15.7. The van der Waals surface area contributed by atoms with Crippen LogP contribution < -0.4 is 9.80 Å². The quantitative estimate of drug-likeness (QED) is 0.142. The molecule has 0 radical (unpaired) electrons. The topological polar surface area (TPSA) is 19.6 Å². The molecule has 0 fully saturated rings. The van der Waals surface area contributed by atoms with Crippen LogP contribution in [0.4, 0.5) is 34.1 Å². The summed E-state index contributed by atoms with van der Waals surface area (Å²) in [5.41, 5.74) is 12.6. The molecule has 0 amide bonds. The zero-order valence-corrected chi connectivity index (χ0v) is 36.6. The van der Waals surface area contributed by atoms with Gasteiger partial charge >= 0.3 is 0 Å². The summed E-state index contributed by atoms with van der Waals surface area (Å²) in [7, 11) is 0. The summed E-state index contributed by atoms with van der Waals surface area (Å²) in [6.45, 7) is 0. The molecule has 0 unspecified atom stereocenters. The van der Waals surface area contributed by atoms with Gasteiger partial charge in [0.1, 0.15) is 11.2 Å². The van der Waals surface area contributed by atoms with Crippen LogP contribution in [0.25, 0.3) is 85.9 Å². The maximum absolute atomic E-state index is 6.76. The van der Waals surface area contributed by atoms with Crippen molar-refractivity contribution in [1.82, 2.24) is 0 Å². The summed E-state index contributed by atoms with van der Waals surface area (Å²) in [6.07, 6.45) is 0. The van der Waals surface area contributed by atoms with E-state index in [0.29, 0.717) is 0 Å². The molecular weight excluding hydrogens is 821 g/mol. The lowest BCUT2D eigenvalue weighted by atomic mass is 9.93. The molecule has 3 nitrogen and oxygen atoms in total. The van der Waals surface area contributed by atoms with Crippen LogP contribution in [-0.4, -0.2) is 0 Å². The molecule has 2 aromatic heterocycles. The minimum atomic E-state index is 0.842. The Bertz CT molecular complexity index is 3900. The number of furan rings is 1. The zero-order valence-electron chi connectivity index (χ0n) is 35.8. The number of rotatable bonds is 8. The number of hydrogen-bond acceptors (Lipinski definition) is 4. The lowest BCUT2D eigenvalue weighted by Gasteiger charge is -2.30. The van der Waals surface area contributed by atoms with E-state index >= 15 is 0 Å². The monoisotopic (exact) mass is 860 g/mol. The molecule has 11 aromatic carbocycles. The lowest BCUT2D eigenvalue weighted by molar-refractivity contribution is 0.669. The molecule has 0 aliphatic heterocycles. The summed E-state index contributed by atoms with van der Waals surface area (Å²) in [5.74, 6) is 0. The third-order valence-electron chi connectivity index (χ3n) is 13.0. The number of anilines is 6. The van der Waals surface area contributed by atoms with Gasteiger partial charge in [-0.1, -0.05) is 152 Å². The minimum Gasteiger partial charge on any atom is -0.456 e. The highest BCUT2D eigenvalue weighted by Gasteiger charge is 2.23. The van der Waals surface area contributed by atoms with Crippen molar-refractivity contribution in [2.45, 2.75) is 0 Å². The Kier molecular flexibility index (Phi) is 9.03. The van der Waals surface area contributed by atoms with Crippen LogP contribution in [0.5, 0.6) is 0 Å². The molecule has 0 aliphatic rings. The van der Waals surface area contributed by atoms with Gasteiger partial charge in [0.2, 0.25) is 0 Å². The Morgan fingerprint density at radius 3 is 1.44 bits per heavy atom. The highest BCUT2D eigenvalue weighted by Crippen LogP contribution is 2.50. The van der Waals surface area contributed by atoms with E-state index < -0.39 is 0 Å². The largest absolute Gasteiger partial charge is 0.456 e. The van der Waals surface area contributed by atoms with E-state index in [2.05, 4.69) is 252 Å². The summed E-state index contributed by atoms with van der Waals surface area (Å²) < 4.78 is 9.35. The van der Waals surface area contributed by atoms with E-state index in [1.54, 1.807) is 0 Å². The van der Waals surface area contributed by atoms with Crippen LogP contribution in [0.2, 0.25) is 0 Å². The molecule has 13 aromatic rings. The molecule has 0 spiro atoms. The van der Waals surface area contributed by atoms with Gasteiger partial charge in [0.05, 0.1) is 0 Å². The average molecular weight is 861 g/mol. The third-order valence-corrected chi connectivity index (χ3v) is 14.2. The number of para-hydroxylation sites is 3. The molecular formula is C62H40N2OS. The van der Waals surface area contributed by atoms with Crippen molar-refractivity contribution in [2.24, 2.45) is 0 Å². The van der Waals surface area contributed by atoms with Crippen LogP contribution in [0.3, 0.4) is 0 Å². The summed E-state index contributed by atoms with van der Waals surface area (Å²) >= 11 is 1.89. The lowest BCUT2D eigenvalue weighted by Crippen LogP contribution is -2.13. The molecule has 0 N–H and O–H groups in total. The molecule has 66 heavy (non-hydrogen) atoms. The van der Waals surface area contributed by atoms with Gasteiger partial charge in [0.25, 0.3) is 0 Å². The van der Waals surface area contributed by atoms with Gasteiger partial charge in [-0.25, -0.2) is 0 Å². The van der Waals surface area contributed by atoms with Crippen molar-refractivity contribution < 1.29 is 4.42 Å². The number of nitrogens with zero attached hydrogens (tertiary/aromatic N) is 2. The molecule has 13 rings (SSSR count). The predicted molar refractivity (Wildman–Crippen MR) is 282 cm³/mol. The molecule has 0 aliphatic carbocycles. The van der Waals surface area contributed by atoms with Gasteiger partial charge in [0.15, 0.2) is 0 Å². The van der Waals surface area contributed by atoms with Gasteiger partial charge in [0, 0.05) is 76.5 Å². The first kappa shape index (κ1) is 38.1. The van der Waals surface area contributed by atoms with Gasteiger partial charge in [-0.2, -0.15) is 0 Å². The number of thiophene rings is 1. The molecule has 310 valence electrons. The Labute approximate surface area is 386 Å². The Balaban J connectivity index is 1.08. The van der Waals surface area contributed by atoms with Gasteiger partial charge in [-0.3, -0.25) is 0 Å². The van der Waals surface area contributed by atoms with Crippen LogP contribution in [0.15, 0.2) is 247 Å². The fourth-order valence-corrected chi connectivity index (χ4v) is 11.3. The van der Waals surface area contributed by atoms with Crippen molar-refractivity contribution in [3.05, 3.63) is 243 Å². The van der Waals surface area contributed by atoms with E-state index in [9.17, 15) is 0 Å². The van der Waals surface area contributed by atoms with Crippen molar-refractivity contribution in [3.63, 3.8) is 0 Å².